The van der Waals surface area contributed by atoms with Crippen LogP contribution in [0.4, 0.5) is 11.4 Å². The highest BCUT2D eigenvalue weighted by Crippen LogP contribution is 2.19. The Bertz CT molecular complexity index is 336. The van der Waals surface area contributed by atoms with Gasteiger partial charge in [-0.15, -0.1) is 0 Å². The zero-order valence-corrected chi connectivity index (χ0v) is 8.84. The van der Waals surface area contributed by atoms with Crippen LogP contribution in [-0.2, 0) is 0 Å². The van der Waals surface area contributed by atoms with E-state index in [0.717, 1.165) is 0 Å². The molecule has 0 aromatic heterocycles. The van der Waals surface area contributed by atoms with Crippen molar-refractivity contribution < 1.29 is 4.79 Å². The number of hydrogen-bond acceptors (Lipinski definition) is 3. The van der Waals surface area contributed by atoms with Gasteiger partial charge in [0, 0.05) is 16.9 Å². The van der Waals surface area contributed by atoms with Crippen molar-refractivity contribution in [2.75, 3.05) is 11.5 Å². The van der Waals surface area contributed by atoms with Crippen molar-refractivity contribution in [1.29, 1.82) is 0 Å². The lowest BCUT2D eigenvalue weighted by atomic mass is 10.1. The Morgan fingerprint density at radius 3 is 2.54 bits per heavy atom. The number of carbonyl (C=O) groups excluding carboxylic acids is 1. The summed E-state index contributed by atoms with van der Waals surface area (Å²) < 4.78 is 0. The first kappa shape index (κ1) is 10.1. The number of Topliss-reactive ketones (excluding diaryl/α,β-unsaturated/α-hetero) is 1. The lowest BCUT2D eigenvalue weighted by Gasteiger charge is -2.06. The van der Waals surface area contributed by atoms with E-state index >= 15 is 0 Å². The van der Waals surface area contributed by atoms with Crippen LogP contribution in [0.2, 0.25) is 0 Å². The zero-order valence-electron chi connectivity index (χ0n) is 7.25. The second-order valence-electron chi connectivity index (χ2n) is 2.83. The molecule has 0 radical (unpaired) electrons. The maximum Gasteiger partial charge on any atom is 0.178 e. The molecule has 1 rings (SSSR count). The lowest BCUT2D eigenvalue weighted by molar-refractivity contribution is 0.0996. The van der Waals surface area contributed by atoms with Crippen LogP contribution in [0.1, 0.15) is 17.3 Å². The Labute approximate surface area is 85.2 Å². The van der Waals surface area contributed by atoms with Crippen LogP contribution in [0.15, 0.2) is 18.2 Å². The molecular formula is C9H11BrN2O. The predicted octanol–water partition coefficient (Wildman–Crippen LogP) is 1.82. The van der Waals surface area contributed by atoms with Crippen LogP contribution in [-0.4, -0.2) is 10.6 Å². The average molecular weight is 243 g/mol. The van der Waals surface area contributed by atoms with Gasteiger partial charge in [0.15, 0.2) is 5.78 Å². The van der Waals surface area contributed by atoms with E-state index in [2.05, 4.69) is 15.9 Å². The van der Waals surface area contributed by atoms with Gasteiger partial charge >= 0.3 is 0 Å². The molecule has 0 bridgehead atoms. The molecule has 4 heteroatoms. The summed E-state index contributed by atoms with van der Waals surface area (Å²) in [4.78, 5) is 11.3. The smallest absolute Gasteiger partial charge is 0.178 e. The van der Waals surface area contributed by atoms with Gasteiger partial charge in [-0.25, -0.2) is 0 Å². The fraction of sp³-hybridized carbons (Fsp3) is 0.222. The number of halogens is 1. The number of carbonyl (C=O) groups is 1. The molecule has 1 aromatic carbocycles. The highest BCUT2D eigenvalue weighted by molar-refractivity contribution is 9.10. The summed E-state index contributed by atoms with van der Waals surface area (Å²) >= 11 is 3.19. The van der Waals surface area contributed by atoms with E-state index in [9.17, 15) is 4.79 Å². The minimum Gasteiger partial charge on any atom is -0.399 e. The molecule has 1 atom stereocenters. The number of hydrogen-bond donors (Lipinski definition) is 2. The summed E-state index contributed by atoms with van der Waals surface area (Å²) in [5.74, 6) is -0.0301. The first-order valence-corrected chi connectivity index (χ1v) is 4.77. The summed E-state index contributed by atoms with van der Waals surface area (Å²) in [7, 11) is 0. The van der Waals surface area contributed by atoms with Gasteiger partial charge in [0.1, 0.15) is 0 Å². The fourth-order valence-electron chi connectivity index (χ4n) is 1.02. The number of benzene rings is 1. The van der Waals surface area contributed by atoms with Gasteiger partial charge in [0.25, 0.3) is 0 Å². The fourth-order valence-corrected chi connectivity index (χ4v) is 1.27. The molecule has 3 nitrogen and oxygen atoms in total. The van der Waals surface area contributed by atoms with Gasteiger partial charge < -0.3 is 11.5 Å². The van der Waals surface area contributed by atoms with Crippen LogP contribution in [0.25, 0.3) is 0 Å². The van der Waals surface area contributed by atoms with Crippen LogP contribution in [0.3, 0.4) is 0 Å². The number of ketones is 1. The molecule has 0 aliphatic rings. The van der Waals surface area contributed by atoms with Gasteiger partial charge in [-0.3, -0.25) is 4.79 Å². The Morgan fingerprint density at radius 1 is 1.46 bits per heavy atom. The molecule has 0 aliphatic carbocycles. The topological polar surface area (TPSA) is 69.1 Å². The zero-order chi connectivity index (χ0) is 10.0. The number of nitrogen functional groups attached to an aromatic ring is 2. The summed E-state index contributed by atoms with van der Waals surface area (Å²) in [6.45, 7) is 1.76. The van der Waals surface area contributed by atoms with Crippen molar-refractivity contribution in [2.24, 2.45) is 0 Å². The van der Waals surface area contributed by atoms with Crippen LogP contribution in [0, 0.1) is 0 Å². The van der Waals surface area contributed by atoms with Crippen LogP contribution in [0.5, 0.6) is 0 Å². The first-order valence-electron chi connectivity index (χ1n) is 3.85. The van der Waals surface area contributed by atoms with E-state index in [4.69, 9.17) is 11.5 Å². The van der Waals surface area contributed by atoms with E-state index in [-0.39, 0.29) is 10.6 Å². The average Bonchev–Trinajstić information content (AvgIpc) is 2.03. The molecule has 70 valence electrons. The van der Waals surface area contributed by atoms with Gasteiger partial charge in [-0.1, -0.05) is 15.9 Å². The maximum absolute atomic E-state index is 11.5. The summed E-state index contributed by atoms with van der Waals surface area (Å²) in [6.07, 6.45) is 0. The van der Waals surface area contributed by atoms with Crippen LogP contribution >= 0.6 is 15.9 Å². The van der Waals surface area contributed by atoms with E-state index in [1.807, 2.05) is 0 Å². The van der Waals surface area contributed by atoms with E-state index in [0.29, 0.717) is 16.9 Å². The predicted molar refractivity (Wildman–Crippen MR) is 58.0 cm³/mol. The standard InChI is InChI=1S/C9H11BrN2O/c1-5(10)9(13)7-3-2-6(11)4-8(7)12/h2-5H,11-12H2,1H3. The van der Waals surface area contributed by atoms with Crippen molar-refractivity contribution in [1.82, 2.24) is 0 Å². The van der Waals surface area contributed by atoms with E-state index in [1.54, 1.807) is 25.1 Å². The SMILES string of the molecule is CC(Br)C(=O)c1ccc(N)cc1N. The number of rotatable bonds is 2. The van der Waals surface area contributed by atoms with Crippen molar-refractivity contribution in [3.8, 4) is 0 Å². The van der Waals surface area contributed by atoms with Crippen molar-refractivity contribution in [3.63, 3.8) is 0 Å². The van der Waals surface area contributed by atoms with Gasteiger partial charge in [-0.2, -0.15) is 0 Å². The lowest BCUT2D eigenvalue weighted by Crippen LogP contribution is -2.12. The minimum atomic E-state index is -0.224. The summed E-state index contributed by atoms with van der Waals surface area (Å²) in [5.41, 5.74) is 12.6. The van der Waals surface area contributed by atoms with Gasteiger partial charge in [0.05, 0.1) is 4.83 Å². The summed E-state index contributed by atoms with van der Waals surface area (Å²) in [5, 5.41) is 0. The Kier molecular flexibility index (Phi) is 2.93. The third kappa shape index (κ3) is 2.21. The Balaban J connectivity index is 3.09. The molecular weight excluding hydrogens is 232 g/mol. The molecule has 1 aromatic rings. The third-order valence-corrected chi connectivity index (χ3v) is 2.12. The Morgan fingerprint density at radius 2 is 2.08 bits per heavy atom. The molecule has 4 N–H and O–H groups in total. The quantitative estimate of drug-likeness (QED) is 0.473. The molecule has 0 saturated carbocycles. The Hall–Kier alpha value is -1.03. The van der Waals surface area contributed by atoms with Crippen molar-refractivity contribution >= 4 is 33.1 Å². The molecule has 0 fully saturated rings. The second kappa shape index (κ2) is 3.79. The van der Waals surface area contributed by atoms with Crippen LogP contribution < -0.4 is 11.5 Å². The normalized spacial score (nSPS) is 12.5. The molecule has 0 aliphatic heterocycles. The molecule has 0 saturated heterocycles. The maximum atomic E-state index is 11.5. The number of nitrogens with two attached hydrogens (primary N) is 2. The van der Waals surface area contributed by atoms with Gasteiger partial charge in [0.2, 0.25) is 0 Å². The van der Waals surface area contributed by atoms with E-state index in [1.165, 1.54) is 0 Å². The molecule has 0 spiro atoms. The molecule has 0 amide bonds. The number of alkyl halides is 1. The minimum absolute atomic E-state index is 0.0301. The van der Waals surface area contributed by atoms with Gasteiger partial charge in [-0.05, 0) is 25.1 Å². The highest BCUT2D eigenvalue weighted by Gasteiger charge is 2.14. The van der Waals surface area contributed by atoms with Crippen molar-refractivity contribution in [2.45, 2.75) is 11.8 Å². The van der Waals surface area contributed by atoms with Crippen molar-refractivity contribution in [3.05, 3.63) is 23.8 Å². The largest absolute Gasteiger partial charge is 0.399 e. The summed E-state index contributed by atoms with van der Waals surface area (Å²) in [6, 6.07) is 4.90. The molecule has 13 heavy (non-hydrogen) atoms. The monoisotopic (exact) mass is 242 g/mol. The molecule has 1 unspecified atom stereocenters. The van der Waals surface area contributed by atoms with E-state index < -0.39 is 0 Å². The number of anilines is 2. The second-order valence-corrected chi connectivity index (χ2v) is 4.20. The highest BCUT2D eigenvalue weighted by atomic mass is 79.9. The third-order valence-electron chi connectivity index (χ3n) is 1.70. The molecule has 0 heterocycles. The first-order chi connectivity index (χ1) is 6.02.